The smallest absolute Gasteiger partial charge is 0.208 e. The van der Waals surface area contributed by atoms with Crippen molar-refractivity contribution in [2.24, 2.45) is 5.92 Å². The highest BCUT2D eigenvalue weighted by Crippen LogP contribution is 2.31. The van der Waals surface area contributed by atoms with Gasteiger partial charge >= 0.3 is 0 Å². The molecule has 2 rings (SSSR count). The van der Waals surface area contributed by atoms with E-state index in [1.807, 2.05) is 12.1 Å². The average molecular weight is 323 g/mol. The lowest BCUT2D eigenvalue weighted by Crippen LogP contribution is -2.18. The molecule has 0 spiro atoms. The zero-order valence-electron chi connectivity index (χ0n) is 11.5. The Kier molecular flexibility index (Phi) is 4.77. The molecule has 0 unspecified atom stereocenters. The maximum Gasteiger partial charge on any atom is 0.208 e. The third kappa shape index (κ3) is 3.67. The van der Waals surface area contributed by atoms with Crippen molar-refractivity contribution in [3.63, 3.8) is 0 Å². The quantitative estimate of drug-likeness (QED) is 0.898. The number of hydrogen-bond donors (Lipinski definition) is 1. The van der Waals surface area contributed by atoms with E-state index < -0.39 is 0 Å². The zero-order valence-corrected chi connectivity index (χ0v) is 13.1. The molecule has 0 amide bonds. The maximum absolute atomic E-state index is 5.78. The highest BCUT2D eigenvalue weighted by Gasteiger charge is 2.10. The van der Waals surface area contributed by atoms with Crippen LogP contribution in [0.2, 0.25) is 0 Å². The van der Waals surface area contributed by atoms with Gasteiger partial charge in [0.2, 0.25) is 5.89 Å². The van der Waals surface area contributed by atoms with Gasteiger partial charge < -0.3 is 9.73 Å². The number of benzene rings is 1. The van der Waals surface area contributed by atoms with Gasteiger partial charge in [-0.05, 0) is 40.9 Å². The van der Waals surface area contributed by atoms with Crippen LogP contribution in [0, 0.1) is 12.8 Å². The number of nitrogens with one attached hydrogen (secondary N) is 1. The first kappa shape index (κ1) is 14.3. The molecule has 0 saturated heterocycles. The van der Waals surface area contributed by atoms with Gasteiger partial charge in [0.15, 0.2) is 5.76 Å². The lowest BCUT2D eigenvalue weighted by molar-refractivity contribution is 0.459. The van der Waals surface area contributed by atoms with E-state index in [0.29, 0.717) is 12.5 Å². The van der Waals surface area contributed by atoms with E-state index in [1.165, 1.54) is 5.56 Å². The van der Waals surface area contributed by atoms with Crippen LogP contribution in [0.15, 0.2) is 33.3 Å². The molecule has 0 aliphatic rings. The second kappa shape index (κ2) is 6.35. The molecule has 0 saturated carbocycles. The Bertz CT molecular complexity index is 549. The van der Waals surface area contributed by atoms with Crippen molar-refractivity contribution in [1.82, 2.24) is 10.3 Å². The first-order valence-corrected chi connectivity index (χ1v) is 7.28. The molecule has 1 N–H and O–H groups in total. The highest BCUT2D eigenvalue weighted by atomic mass is 79.9. The van der Waals surface area contributed by atoms with Crippen LogP contribution in [-0.4, -0.2) is 11.5 Å². The van der Waals surface area contributed by atoms with Crippen molar-refractivity contribution in [2.45, 2.75) is 27.3 Å². The molecular formula is C15H19BrN2O. The first-order valence-electron chi connectivity index (χ1n) is 6.49. The van der Waals surface area contributed by atoms with Crippen LogP contribution in [-0.2, 0) is 6.54 Å². The van der Waals surface area contributed by atoms with Crippen molar-refractivity contribution in [3.05, 3.63) is 40.3 Å². The van der Waals surface area contributed by atoms with Crippen molar-refractivity contribution in [2.75, 3.05) is 6.54 Å². The fourth-order valence-electron chi connectivity index (χ4n) is 1.82. The fraction of sp³-hybridized carbons (Fsp3) is 0.400. The predicted molar refractivity (Wildman–Crippen MR) is 80.9 cm³/mol. The Morgan fingerprint density at radius 2 is 2.16 bits per heavy atom. The Hall–Kier alpha value is -1.13. The normalized spacial score (nSPS) is 11.2. The summed E-state index contributed by atoms with van der Waals surface area (Å²) in [4.78, 5) is 4.31. The molecule has 0 fully saturated rings. The molecule has 0 radical (unpaired) electrons. The molecule has 102 valence electrons. The summed E-state index contributed by atoms with van der Waals surface area (Å²) in [7, 11) is 0. The molecule has 0 aliphatic carbocycles. The largest absolute Gasteiger partial charge is 0.439 e. The highest BCUT2D eigenvalue weighted by molar-refractivity contribution is 9.10. The van der Waals surface area contributed by atoms with Gasteiger partial charge in [0.1, 0.15) is 0 Å². The van der Waals surface area contributed by atoms with Crippen LogP contribution in [0.5, 0.6) is 0 Å². The minimum Gasteiger partial charge on any atom is -0.439 e. The molecule has 19 heavy (non-hydrogen) atoms. The Labute approximate surface area is 122 Å². The monoisotopic (exact) mass is 322 g/mol. The third-order valence-corrected chi connectivity index (χ3v) is 3.89. The number of halogens is 1. The molecule has 0 atom stereocenters. The summed E-state index contributed by atoms with van der Waals surface area (Å²) in [6.45, 7) is 8.05. The molecule has 2 aromatic rings. The van der Waals surface area contributed by atoms with Crippen LogP contribution >= 0.6 is 15.9 Å². The van der Waals surface area contributed by atoms with Crippen molar-refractivity contribution < 1.29 is 4.42 Å². The number of nitrogens with zero attached hydrogens (tertiary/aromatic N) is 1. The van der Waals surface area contributed by atoms with Crippen molar-refractivity contribution >= 4 is 15.9 Å². The SMILES string of the molecule is Cc1cccc(-c2cnc(CNCC(C)C)o2)c1Br. The Morgan fingerprint density at radius 3 is 2.89 bits per heavy atom. The number of aromatic nitrogens is 1. The Balaban J connectivity index is 2.10. The summed E-state index contributed by atoms with van der Waals surface area (Å²) in [6, 6.07) is 6.12. The van der Waals surface area contributed by atoms with Gasteiger partial charge in [-0.1, -0.05) is 32.0 Å². The van der Waals surface area contributed by atoms with Crippen LogP contribution < -0.4 is 5.32 Å². The lowest BCUT2D eigenvalue weighted by Gasteiger charge is -2.05. The van der Waals surface area contributed by atoms with E-state index in [1.54, 1.807) is 6.20 Å². The lowest BCUT2D eigenvalue weighted by atomic mass is 10.1. The van der Waals surface area contributed by atoms with Crippen molar-refractivity contribution in [1.29, 1.82) is 0 Å². The van der Waals surface area contributed by atoms with Gasteiger partial charge in [-0.15, -0.1) is 0 Å². The second-order valence-electron chi connectivity index (χ2n) is 5.08. The van der Waals surface area contributed by atoms with Gasteiger partial charge in [0.05, 0.1) is 12.7 Å². The van der Waals surface area contributed by atoms with Gasteiger partial charge in [0.25, 0.3) is 0 Å². The topological polar surface area (TPSA) is 38.1 Å². The predicted octanol–water partition coefficient (Wildman–Crippen LogP) is 4.16. The van der Waals surface area contributed by atoms with E-state index in [0.717, 1.165) is 28.2 Å². The molecule has 4 heteroatoms. The molecular weight excluding hydrogens is 304 g/mol. The first-order chi connectivity index (χ1) is 9.08. The summed E-state index contributed by atoms with van der Waals surface area (Å²) in [5.74, 6) is 2.15. The molecule has 1 aromatic carbocycles. The fourth-order valence-corrected chi connectivity index (χ4v) is 2.28. The average Bonchev–Trinajstić information content (AvgIpc) is 2.81. The van der Waals surface area contributed by atoms with E-state index in [-0.39, 0.29) is 0 Å². The van der Waals surface area contributed by atoms with Crippen LogP contribution in [0.4, 0.5) is 0 Å². The van der Waals surface area contributed by atoms with Crippen LogP contribution in [0.1, 0.15) is 25.3 Å². The number of hydrogen-bond acceptors (Lipinski definition) is 3. The number of rotatable bonds is 5. The zero-order chi connectivity index (χ0) is 13.8. The van der Waals surface area contributed by atoms with Gasteiger partial charge in [0, 0.05) is 10.0 Å². The van der Waals surface area contributed by atoms with E-state index >= 15 is 0 Å². The minimum atomic E-state index is 0.625. The van der Waals surface area contributed by atoms with E-state index in [2.05, 4.69) is 53.1 Å². The maximum atomic E-state index is 5.78. The summed E-state index contributed by atoms with van der Waals surface area (Å²) in [6.07, 6.45) is 1.78. The van der Waals surface area contributed by atoms with Gasteiger partial charge in [-0.3, -0.25) is 0 Å². The van der Waals surface area contributed by atoms with Crippen molar-refractivity contribution in [3.8, 4) is 11.3 Å². The van der Waals surface area contributed by atoms with Gasteiger partial charge in [-0.2, -0.15) is 0 Å². The van der Waals surface area contributed by atoms with Gasteiger partial charge in [-0.25, -0.2) is 4.98 Å². The summed E-state index contributed by atoms with van der Waals surface area (Å²) < 4.78 is 6.85. The second-order valence-corrected chi connectivity index (χ2v) is 5.87. The summed E-state index contributed by atoms with van der Waals surface area (Å²) >= 11 is 3.59. The molecule has 0 bridgehead atoms. The number of aryl methyl sites for hydroxylation is 1. The molecule has 1 heterocycles. The third-order valence-electron chi connectivity index (χ3n) is 2.84. The van der Waals surface area contributed by atoms with E-state index in [9.17, 15) is 0 Å². The Morgan fingerprint density at radius 1 is 1.37 bits per heavy atom. The molecule has 1 aromatic heterocycles. The molecule has 0 aliphatic heterocycles. The minimum absolute atomic E-state index is 0.625. The number of oxazole rings is 1. The van der Waals surface area contributed by atoms with Crippen LogP contribution in [0.3, 0.4) is 0 Å². The summed E-state index contributed by atoms with van der Waals surface area (Å²) in [5, 5.41) is 3.32. The standard InChI is InChI=1S/C15H19BrN2O/c1-10(2)7-17-9-14-18-8-13(19-14)12-6-4-5-11(3)15(12)16/h4-6,8,10,17H,7,9H2,1-3H3. The van der Waals surface area contributed by atoms with E-state index in [4.69, 9.17) is 4.42 Å². The van der Waals surface area contributed by atoms with Crippen LogP contribution in [0.25, 0.3) is 11.3 Å². The molecule has 3 nitrogen and oxygen atoms in total. The summed E-state index contributed by atoms with van der Waals surface area (Å²) in [5.41, 5.74) is 2.23.